The number of halogens is 1. The highest BCUT2D eigenvalue weighted by atomic mass is 127. The maximum absolute atomic E-state index is 12.1. The first-order valence-corrected chi connectivity index (χ1v) is 6.86. The first-order chi connectivity index (χ1) is 8.28. The third kappa shape index (κ3) is 2.68. The van der Waals surface area contributed by atoms with Crippen LogP contribution >= 0.6 is 22.6 Å². The Morgan fingerprint density at radius 3 is 2.61 bits per heavy atom. The molecule has 0 aliphatic carbocycles. The molecule has 2 rings (SSSR count). The molecule has 3 nitrogen and oxygen atoms in total. The number of hydrogen-bond donors (Lipinski definition) is 0. The Morgan fingerprint density at radius 1 is 1.33 bits per heavy atom. The van der Waals surface area contributed by atoms with Crippen LogP contribution in [0.25, 0.3) is 10.9 Å². The molecule has 0 aliphatic rings. The number of carbonyl (C=O) groups excluding carboxylic acids is 1. The van der Waals surface area contributed by atoms with Crippen molar-refractivity contribution in [2.24, 2.45) is 0 Å². The van der Waals surface area contributed by atoms with Gasteiger partial charge in [-0.3, -0.25) is 4.57 Å². The number of ether oxygens (including phenoxy) is 1. The summed E-state index contributed by atoms with van der Waals surface area (Å²) in [5.74, 6) is 0. The molecule has 0 amide bonds. The standard InChI is InChI=1S/C14H16INO2/c1-9-5-6-10-11(15)8-16(12(10)7-9)13(17)18-14(2,3)4/h5-8H,1-4H3. The minimum Gasteiger partial charge on any atom is -0.443 e. The first kappa shape index (κ1) is 13.4. The van der Waals surface area contributed by atoms with E-state index in [4.69, 9.17) is 4.74 Å². The van der Waals surface area contributed by atoms with Gasteiger partial charge in [0.2, 0.25) is 0 Å². The number of fused-ring (bicyclic) bond motifs is 1. The summed E-state index contributed by atoms with van der Waals surface area (Å²) in [5, 5.41) is 1.08. The Balaban J connectivity index is 2.51. The SMILES string of the molecule is Cc1ccc2c(I)cn(C(=O)OC(C)(C)C)c2c1. The van der Waals surface area contributed by atoms with E-state index in [1.54, 1.807) is 4.57 Å². The third-order valence-corrected chi connectivity index (χ3v) is 3.36. The van der Waals surface area contributed by atoms with E-state index in [1.165, 1.54) is 0 Å². The van der Waals surface area contributed by atoms with Crippen LogP contribution in [0.2, 0.25) is 0 Å². The van der Waals surface area contributed by atoms with Gasteiger partial charge in [0.1, 0.15) is 5.60 Å². The molecule has 1 aromatic carbocycles. The predicted molar refractivity (Wildman–Crippen MR) is 81.0 cm³/mol. The molecule has 0 atom stereocenters. The number of benzene rings is 1. The van der Waals surface area contributed by atoms with Crippen LogP contribution in [-0.2, 0) is 4.74 Å². The number of rotatable bonds is 0. The molecule has 0 aliphatic heterocycles. The zero-order chi connectivity index (χ0) is 13.5. The fourth-order valence-electron chi connectivity index (χ4n) is 1.76. The minimum atomic E-state index is -0.483. The first-order valence-electron chi connectivity index (χ1n) is 5.78. The second-order valence-electron chi connectivity index (χ2n) is 5.35. The van der Waals surface area contributed by atoms with E-state index in [2.05, 4.69) is 22.6 Å². The zero-order valence-electron chi connectivity index (χ0n) is 11.0. The van der Waals surface area contributed by atoms with Crippen LogP contribution in [0.5, 0.6) is 0 Å². The van der Waals surface area contributed by atoms with Gasteiger partial charge < -0.3 is 4.74 Å². The van der Waals surface area contributed by atoms with Crippen LogP contribution in [0.15, 0.2) is 24.4 Å². The van der Waals surface area contributed by atoms with E-state index in [9.17, 15) is 4.79 Å². The Labute approximate surface area is 120 Å². The third-order valence-electron chi connectivity index (χ3n) is 2.50. The van der Waals surface area contributed by atoms with Gasteiger partial charge in [-0.2, -0.15) is 0 Å². The highest BCUT2D eigenvalue weighted by Crippen LogP contribution is 2.25. The van der Waals surface area contributed by atoms with Crippen LogP contribution in [0.3, 0.4) is 0 Å². The van der Waals surface area contributed by atoms with Crippen molar-refractivity contribution < 1.29 is 9.53 Å². The Hall–Kier alpha value is -1.04. The molecule has 0 N–H and O–H groups in total. The second kappa shape index (κ2) is 4.57. The fourth-order valence-corrected chi connectivity index (χ4v) is 2.49. The largest absolute Gasteiger partial charge is 0.443 e. The summed E-state index contributed by atoms with van der Waals surface area (Å²) in [5.41, 5.74) is 1.54. The molecule has 2 aromatic rings. The van der Waals surface area contributed by atoms with Crippen LogP contribution in [-0.4, -0.2) is 16.3 Å². The molecule has 4 heteroatoms. The summed E-state index contributed by atoms with van der Waals surface area (Å²) in [6.07, 6.45) is 1.49. The van der Waals surface area contributed by atoms with Gasteiger partial charge in [0.05, 0.1) is 5.52 Å². The highest BCUT2D eigenvalue weighted by molar-refractivity contribution is 14.1. The number of hydrogen-bond acceptors (Lipinski definition) is 2. The molecular formula is C14H16INO2. The van der Waals surface area contributed by atoms with Crippen LogP contribution < -0.4 is 0 Å². The van der Waals surface area contributed by atoms with Gasteiger partial charge in [0, 0.05) is 15.2 Å². The molecule has 1 heterocycles. The number of aromatic nitrogens is 1. The Morgan fingerprint density at radius 2 is 2.00 bits per heavy atom. The summed E-state index contributed by atoms with van der Waals surface area (Å²) in [7, 11) is 0. The average Bonchev–Trinajstić information content (AvgIpc) is 2.53. The van der Waals surface area contributed by atoms with Crippen molar-refractivity contribution in [1.82, 2.24) is 4.57 Å². The number of aryl methyl sites for hydroxylation is 1. The van der Waals surface area contributed by atoms with Gasteiger partial charge in [0.15, 0.2) is 0 Å². The minimum absolute atomic E-state index is 0.332. The van der Waals surface area contributed by atoms with Crippen molar-refractivity contribution in [2.45, 2.75) is 33.3 Å². The summed E-state index contributed by atoms with van der Waals surface area (Å²) < 4.78 is 8.03. The molecule has 0 radical (unpaired) electrons. The van der Waals surface area contributed by atoms with E-state index in [0.29, 0.717) is 0 Å². The highest BCUT2D eigenvalue weighted by Gasteiger charge is 2.20. The molecule has 0 spiro atoms. The topological polar surface area (TPSA) is 31.2 Å². The van der Waals surface area contributed by atoms with Crippen molar-refractivity contribution >= 4 is 39.6 Å². The lowest BCUT2D eigenvalue weighted by molar-refractivity contribution is 0.0544. The molecule has 0 fully saturated rings. The van der Waals surface area contributed by atoms with Crippen LogP contribution in [0.1, 0.15) is 26.3 Å². The van der Waals surface area contributed by atoms with Crippen molar-refractivity contribution in [3.8, 4) is 0 Å². The number of carbonyl (C=O) groups is 1. The smallest absolute Gasteiger partial charge is 0.419 e. The second-order valence-corrected chi connectivity index (χ2v) is 6.51. The predicted octanol–water partition coefficient (Wildman–Crippen LogP) is 4.34. The quantitative estimate of drug-likeness (QED) is 0.657. The number of nitrogens with zero attached hydrogens (tertiary/aromatic N) is 1. The molecule has 0 unspecified atom stereocenters. The molecule has 0 saturated carbocycles. The summed E-state index contributed by atoms with van der Waals surface area (Å²) in [4.78, 5) is 12.1. The van der Waals surface area contributed by atoms with E-state index in [0.717, 1.165) is 20.0 Å². The van der Waals surface area contributed by atoms with Gasteiger partial charge in [-0.1, -0.05) is 12.1 Å². The molecule has 18 heavy (non-hydrogen) atoms. The summed E-state index contributed by atoms with van der Waals surface area (Å²) in [6, 6.07) is 6.08. The molecule has 0 bridgehead atoms. The van der Waals surface area contributed by atoms with Gasteiger partial charge in [-0.05, 0) is 61.9 Å². The maximum Gasteiger partial charge on any atom is 0.419 e. The van der Waals surface area contributed by atoms with E-state index in [1.807, 2.05) is 52.1 Å². The summed E-state index contributed by atoms with van der Waals surface area (Å²) >= 11 is 2.23. The average molecular weight is 357 g/mol. The van der Waals surface area contributed by atoms with E-state index < -0.39 is 5.60 Å². The monoisotopic (exact) mass is 357 g/mol. The van der Waals surface area contributed by atoms with Crippen LogP contribution in [0, 0.1) is 10.5 Å². The Bertz CT molecular complexity index is 608. The van der Waals surface area contributed by atoms with Crippen LogP contribution in [0.4, 0.5) is 4.79 Å². The van der Waals surface area contributed by atoms with Crippen molar-refractivity contribution in [3.05, 3.63) is 33.5 Å². The lowest BCUT2D eigenvalue weighted by Crippen LogP contribution is -2.26. The molecular weight excluding hydrogens is 341 g/mol. The molecule has 0 saturated heterocycles. The molecule has 96 valence electrons. The van der Waals surface area contributed by atoms with Gasteiger partial charge in [0.25, 0.3) is 0 Å². The van der Waals surface area contributed by atoms with E-state index >= 15 is 0 Å². The maximum atomic E-state index is 12.1. The van der Waals surface area contributed by atoms with E-state index in [-0.39, 0.29) is 6.09 Å². The van der Waals surface area contributed by atoms with Gasteiger partial charge >= 0.3 is 6.09 Å². The van der Waals surface area contributed by atoms with Gasteiger partial charge in [-0.25, -0.2) is 4.79 Å². The normalized spacial score (nSPS) is 11.8. The Kier molecular flexibility index (Phi) is 3.40. The molecule has 1 aromatic heterocycles. The van der Waals surface area contributed by atoms with Gasteiger partial charge in [-0.15, -0.1) is 0 Å². The summed E-state index contributed by atoms with van der Waals surface area (Å²) in [6.45, 7) is 7.62. The van der Waals surface area contributed by atoms with Crippen molar-refractivity contribution in [1.29, 1.82) is 0 Å². The van der Waals surface area contributed by atoms with Crippen molar-refractivity contribution in [2.75, 3.05) is 0 Å². The van der Waals surface area contributed by atoms with Crippen molar-refractivity contribution in [3.63, 3.8) is 0 Å². The zero-order valence-corrected chi connectivity index (χ0v) is 13.1. The fraction of sp³-hybridized carbons (Fsp3) is 0.357. The lowest BCUT2D eigenvalue weighted by atomic mass is 10.2. The lowest BCUT2D eigenvalue weighted by Gasteiger charge is -2.19.